The van der Waals surface area contributed by atoms with Crippen molar-refractivity contribution >= 4 is 28.8 Å². The van der Waals surface area contributed by atoms with Crippen molar-refractivity contribution in [2.24, 2.45) is 11.7 Å². The maximum absolute atomic E-state index is 13.8. The minimum atomic E-state index is -1.07. The van der Waals surface area contributed by atoms with Crippen molar-refractivity contribution in [3.63, 3.8) is 0 Å². The average Bonchev–Trinajstić information content (AvgIpc) is 3.76. The number of H-pyrrole nitrogens is 2. The number of carbonyl (C=O) groups excluding carboxylic acids is 3. The van der Waals surface area contributed by atoms with Crippen LogP contribution < -0.4 is 16.4 Å². The summed E-state index contributed by atoms with van der Waals surface area (Å²) in [7, 11) is 0. The second-order valence-electron chi connectivity index (χ2n) is 15.3. The molecule has 2 unspecified atom stereocenters. The number of aromatic nitrogens is 3. The number of likely N-dealkylation sites (tertiary alicyclic amines) is 1. The summed E-state index contributed by atoms with van der Waals surface area (Å²) in [4.78, 5) is 54.0. The highest BCUT2D eigenvalue weighted by Crippen LogP contribution is 2.28. The predicted molar refractivity (Wildman–Crippen MR) is 200 cm³/mol. The molecule has 0 radical (unpaired) electrons. The number of nitrogens with zero attached hydrogens (tertiary/aromatic N) is 2. The van der Waals surface area contributed by atoms with Crippen molar-refractivity contribution in [1.29, 1.82) is 0 Å². The van der Waals surface area contributed by atoms with Gasteiger partial charge in [0.25, 0.3) is 0 Å². The van der Waals surface area contributed by atoms with Crippen LogP contribution in [0, 0.1) is 5.92 Å². The Kier molecular flexibility index (Phi) is 12.2. The Balaban J connectivity index is 1.32. The molecule has 0 spiro atoms. The topological polar surface area (TPSA) is 158 Å². The molecule has 3 amide bonds. The summed E-state index contributed by atoms with van der Waals surface area (Å²) >= 11 is 0. The van der Waals surface area contributed by atoms with Crippen molar-refractivity contribution in [1.82, 2.24) is 30.5 Å². The van der Waals surface area contributed by atoms with Crippen molar-refractivity contribution in [3.8, 4) is 0 Å². The summed E-state index contributed by atoms with van der Waals surface area (Å²) < 4.78 is 5.63. The van der Waals surface area contributed by atoms with E-state index in [0.29, 0.717) is 56.3 Å². The number of esters is 1. The Morgan fingerprint density at radius 1 is 0.980 bits per heavy atom. The van der Waals surface area contributed by atoms with E-state index >= 15 is 0 Å². The van der Waals surface area contributed by atoms with Crippen LogP contribution in [0.5, 0.6) is 0 Å². The summed E-state index contributed by atoms with van der Waals surface area (Å²) in [5.74, 6) is 0.279. The van der Waals surface area contributed by atoms with Gasteiger partial charge < -0.3 is 36.0 Å². The molecule has 0 aliphatic carbocycles. The van der Waals surface area contributed by atoms with Gasteiger partial charge in [0.2, 0.25) is 5.91 Å². The van der Waals surface area contributed by atoms with E-state index in [1.165, 1.54) is 5.56 Å². The number of imidazole rings is 1. The molecule has 0 bridgehead atoms. The molecule has 1 fully saturated rings. The van der Waals surface area contributed by atoms with E-state index < -0.39 is 29.1 Å². The van der Waals surface area contributed by atoms with E-state index in [1.807, 2.05) is 35.4 Å². The van der Waals surface area contributed by atoms with Crippen LogP contribution >= 0.6 is 0 Å². The number of carbonyl (C=O) groups is 3. The zero-order valence-corrected chi connectivity index (χ0v) is 30.8. The number of nitrogens with two attached hydrogens (primary N) is 1. The van der Waals surface area contributed by atoms with Crippen molar-refractivity contribution < 1.29 is 19.1 Å². The number of benzene rings is 2. The Morgan fingerprint density at radius 3 is 2.39 bits per heavy atom. The van der Waals surface area contributed by atoms with Gasteiger partial charge in [-0.1, -0.05) is 48.5 Å². The van der Waals surface area contributed by atoms with Gasteiger partial charge in [0.05, 0.1) is 11.5 Å². The zero-order valence-electron chi connectivity index (χ0n) is 30.8. The van der Waals surface area contributed by atoms with Crippen LogP contribution in [0.25, 0.3) is 10.9 Å². The largest absolute Gasteiger partial charge is 0.458 e. The van der Waals surface area contributed by atoms with Gasteiger partial charge in [0.15, 0.2) is 0 Å². The van der Waals surface area contributed by atoms with Crippen molar-refractivity contribution in [2.45, 2.75) is 103 Å². The van der Waals surface area contributed by atoms with E-state index in [4.69, 9.17) is 15.5 Å². The smallest absolute Gasteiger partial charge is 0.329 e. The first kappa shape index (κ1) is 37.6. The lowest BCUT2D eigenvalue weighted by Crippen LogP contribution is -2.50. The van der Waals surface area contributed by atoms with Crippen molar-refractivity contribution in [3.05, 3.63) is 89.6 Å². The number of ether oxygens (including phenoxy) is 1. The second kappa shape index (κ2) is 16.6. The predicted octanol–water partition coefficient (Wildman–Crippen LogP) is 6.07. The maximum Gasteiger partial charge on any atom is 0.329 e. The van der Waals surface area contributed by atoms with Crippen molar-refractivity contribution in [2.75, 3.05) is 19.6 Å². The third kappa shape index (κ3) is 10.00. The van der Waals surface area contributed by atoms with Gasteiger partial charge in [-0.05, 0) is 103 Å². The number of rotatable bonds is 14. The number of hydrogen-bond donors (Lipinski definition) is 5. The summed E-state index contributed by atoms with van der Waals surface area (Å²) in [6, 6.07) is 17.2. The van der Waals surface area contributed by atoms with Crippen LogP contribution in [0.1, 0.15) is 95.4 Å². The van der Waals surface area contributed by atoms with Gasteiger partial charge in [-0.3, -0.25) is 4.79 Å². The van der Waals surface area contributed by atoms with Gasteiger partial charge >= 0.3 is 12.0 Å². The monoisotopic (exact) mass is 697 g/mol. The SMILES string of the molecule is CC(C)(C)OC(=O)C(CCCCN)NC(=O)C(C)(C)c1cnc(C(Cc2c[nH]c3ccccc23)NC(=O)N2CCC(Cc3ccccc3)CC2)[nH]1. The van der Waals surface area contributed by atoms with E-state index in [9.17, 15) is 14.4 Å². The summed E-state index contributed by atoms with van der Waals surface area (Å²) in [5, 5.41) is 7.29. The fourth-order valence-corrected chi connectivity index (χ4v) is 6.67. The van der Waals surface area contributed by atoms with Crippen LogP contribution in [0.3, 0.4) is 0 Å². The van der Waals surface area contributed by atoms with Gasteiger partial charge in [-0.15, -0.1) is 0 Å². The molecule has 0 saturated carbocycles. The number of fused-ring (bicyclic) bond motifs is 1. The maximum atomic E-state index is 13.8. The number of aromatic amines is 2. The van der Waals surface area contributed by atoms with Gasteiger partial charge in [-0.2, -0.15) is 0 Å². The minimum Gasteiger partial charge on any atom is -0.458 e. The minimum absolute atomic E-state index is 0.134. The number of hydrogen-bond acceptors (Lipinski definition) is 6. The molecule has 3 heterocycles. The molecule has 274 valence electrons. The molecule has 2 aromatic carbocycles. The fourth-order valence-electron chi connectivity index (χ4n) is 6.67. The lowest BCUT2D eigenvalue weighted by atomic mass is 9.88. The molecule has 1 saturated heterocycles. The first-order valence-corrected chi connectivity index (χ1v) is 18.3. The molecular weight excluding hydrogens is 642 g/mol. The molecule has 2 atom stereocenters. The van der Waals surface area contributed by atoms with Crippen LogP contribution in [0.4, 0.5) is 4.79 Å². The molecular formula is C40H55N7O4. The van der Waals surface area contributed by atoms with E-state index in [0.717, 1.165) is 42.1 Å². The lowest BCUT2D eigenvalue weighted by Gasteiger charge is -2.33. The highest BCUT2D eigenvalue weighted by Gasteiger charge is 2.37. The Bertz CT molecular complexity index is 1750. The van der Waals surface area contributed by atoms with Crippen LogP contribution in [0.2, 0.25) is 0 Å². The number of unbranched alkanes of at least 4 members (excludes halogenated alkanes) is 1. The summed E-state index contributed by atoms with van der Waals surface area (Å²) in [6.07, 6.45) is 8.85. The number of urea groups is 1. The normalized spacial score (nSPS) is 15.4. The number of nitrogens with one attached hydrogen (secondary N) is 4. The molecule has 5 rings (SSSR count). The lowest BCUT2D eigenvalue weighted by molar-refractivity contribution is -0.159. The first-order valence-electron chi connectivity index (χ1n) is 18.3. The van der Waals surface area contributed by atoms with Crippen LogP contribution in [0.15, 0.2) is 67.0 Å². The molecule has 1 aliphatic heterocycles. The van der Waals surface area contributed by atoms with E-state index in [2.05, 4.69) is 50.9 Å². The van der Waals surface area contributed by atoms with Gasteiger partial charge in [0.1, 0.15) is 17.5 Å². The number of piperidine rings is 1. The summed E-state index contributed by atoms with van der Waals surface area (Å²) in [6.45, 7) is 10.9. The Hall–Kier alpha value is -4.64. The second-order valence-corrected chi connectivity index (χ2v) is 15.3. The molecule has 4 aromatic rings. The molecule has 2 aromatic heterocycles. The standard InChI is InChI=1S/C40H55N7O4/c1-39(2,3)51-36(48)32(17-11-12-20-41)44-37(49)40(4,5)34-26-43-35(46-34)33(24-29-25-42-31-16-10-9-15-30(29)31)45-38(50)47-21-18-28(19-22-47)23-27-13-7-6-8-14-27/h6-10,13-16,25-26,28,32-33,42H,11-12,17-24,41H2,1-5H3,(H,43,46)(H,44,49)(H,45,50). The first-order chi connectivity index (χ1) is 24.3. The van der Waals surface area contributed by atoms with Crippen LogP contribution in [-0.4, -0.2) is 69.0 Å². The van der Waals surface area contributed by atoms with E-state index in [-0.39, 0.29) is 11.9 Å². The zero-order chi connectivity index (χ0) is 36.6. The molecule has 6 N–H and O–H groups in total. The highest BCUT2D eigenvalue weighted by molar-refractivity contribution is 5.91. The highest BCUT2D eigenvalue weighted by atomic mass is 16.6. The van der Waals surface area contributed by atoms with Gasteiger partial charge in [0, 0.05) is 48.5 Å². The summed E-state index contributed by atoms with van der Waals surface area (Å²) in [5.41, 5.74) is 7.89. The molecule has 11 nitrogen and oxygen atoms in total. The number of para-hydroxylation sites is 1. The fraction of sp³-hybridized carbons (Fsp3) is 0.500. The molecule has 51 heavy (non-hydrogen) atoms. The Labute approximate surface area is 301 Å². The van der Waals surface area contributed by atoms with E-state index in [1.54, 1.807) is 40.8 Å². The third-order valence-electron chi connectivity index (χ3n) is 9.78. The molecule has 1 aliphatic rings. The quantitative estimate of drug-likeness (QED) is 0.0795. The third-order valence-corrected chi connectivity index (χ3v) is 9.78. The van der Waals surface area contributed by atoms with Crippen LogP contribution in [-0.2, 0) is 32.6 Å². The molecule has 11 heteroatoms. The Morgan fingerprint density at radius 2 is 1.69 bits per heavy atom. The van der Waals surface area contributed by atoms with Gasteiger partial charge in [-0.25, -0.2) is 14.6 Å². The number of amides is 3. The average molecular weight is 698 g/mol.